The van der Waals surface area contributed by atoms with Crippen LogP contribution in [0.2, 0.25) is 0 Å². The Morgan fingerprint density at radius 1 is 1.18 bits per heavy atom. The van der Waals surface area contributed by atoms with Crippen molar-refractivity contribution in [3.63, 3.8) is 0 Å². The predicted molar refractivity (Wildman–Crippen MR) is 126 cm³/mol. The molecule has 172 valence electrons. The van der Waals surface area contributed by atoms with Gasteiger partial charge in [0.1, 0.15) is 12.7 Å². The molecule has 1 aliphatic carbocycles. The molecule has 2 aliphatic heterocycles. The second kappa shape index (κ2) is 8.67. The Hall–Kier alpha value is -3.12. The number of hydrogen-bond donors (Lipinski definition) is 1. The lowest BCUT2D eigenvalue weighted by molar-refractivity contribution is -0.145. The number of rotatable bonds is 5. The summed E-state index contributed by atoms with van der Waals surface area (Å²) in [5, 5.41) is 10.0. The highest BCUT2D eigenvalue weighted by molar-refractivity contribution is 5.81. The molecule has 0 saturated carbocycles. The van der Waals surface area contributed by atoms with E-state index in [4.69, 9.17) is 9.47 Å². The maximum absolute atomic E-state index is 12.2. The first kappa shape index (κ1) is 21.7. The van der Waals surface area contributed by atoms with Crippen molar-refractivity contribution in [1.29, 1.82) is 0 Å². The van der Waals surface area contributed by atoms with E-state index in [1.54, 1.807) is 6.20 Å². The van der Waals surface area contributed by atoms with E-state index < -0.39 is 11.4 Å². The van der Waals surface area contributed by atoms with Gasteiger partial charge in [0.05, 0.1) is 5.41 Å². The number of carboxylic acid groups (broad SMARTS) is 1. The number of pyridine rings is 1. The van der Waals surface area contributed by atoms with Gasteiger partial charge >= 0.3 is 5.97 Å². The number of allylic oxidation sites excluding steroid dienone is 1. The van der Waals surface area contributed by atoms with Gasteiger partial charge in [-0.1, -0.05) is 55.5 Å². The van der Waals surface area contributed by atoms with Crippen molar-refractivity contribution in [2.24, 2.45) is 5.41 Å². The summed E-state index contributed by atoms with van der Waals surface area (Å²) in [4.78, 5) is 18.9. The number of piperidine rings is 1. The van der Waals surface area contributed by atoms with E-state index in [-0.39, 0.29) is 11.5 Å². The molecule has 1 N–H and O–H groups in total. The fourth-order valence-electron chi connectivity index (χ4n) is 5.11. The molecular formula is C27H30N2O4. The molecule has 6 heteroatoms. The van der Waals surface area contributed by atoms with Crippen molar-refractivity contribution in [2.45, 2.75) is 37.7 Å². The third kappa shape index (κ3) is 4.15. The van der Waals surface area contributed by atoms with Crippen LogP contribution in [-0.2, 0) is 10.2 Å². The third-order valence-corrected chi connectivity index (χ3v) is 7.45. The smallest absolute Gasteiger partial charge is 0.314 e. The van der Waals surface area contributed by atoms with Crippen LogP contribution >= 0.6 is 0 Å². The maximum atomic E-state index is 12.2. The average Bonchev–Trinajstić information content (AvgIpc) is 2.86. The SMILES string of the molecule is CC1([C@H]2COc3cccnc3O2)C=CC(CN2CCC(C(=O)O)(c3ccccc3)CC2)=CC1. The number of carbonyl (C=O) groups is 1. The van der Waals surface area contributed by atoms with Crippen molar-refractivity contribution in [3.8, 4) is 11.6 Å². The molecule has 3 aliphatic rings. The highest BCUT2D eigenvalue weighted by Gasteiger charge is 2.43. The first-order valence-electron chi connectivity index (χ1n) is 11.6. The molecule has 1 saturated heterocycles. The number of ether oxygens (including phenoxy) is 2. The molecule has 33 heavy (non-hydrogen) atoms. The molecule has 0 radical (unpaired) electrons. The summed E-state index contributed by atoms with van der Waals surface area (Å²) in [6.45, 7) is 5.08. The number of fused-ring (bicyclic) bond motifs is 1. The number of benzene rings is 1. The van der Waals surface area contributed by atoms with Crippen LogP contribution in [0.3, 0.4) is 0 Å². The molecule has 2 aromatic rings. The van der Waals surface area contributed by atoms with Crippen LogP contribution < -0.4 is 9.47 Å². The van der Waals surface area contributed by atoms with E-state index in [0.29, 0.717) is 31.1 Å². The lowest BCUT2D eigenvalue weighted by atomic mass is 9.72. The minimum Gasteiger partial charge on any atom is -0.484 e. The second-order valence-corrected chi connectivity index (χ2v) is 9.58. The molecule has 1 aromatic heterocycles. The van der Waals surface area contributed by atoms with Crippen LogP contribution in [-0.4, -0.2) is 53.3 Å². The first-order valence-corrected chi connectivity index (χ1v) is 11.6. The van der Waals surface area contributed by atoms with Gasteiger partial charge in [-0.15, -0.1) is 0 Å². The Kier molecular flexibility index (Phi) is 5.71. The summed E-state index contributed by atoms with van der Waals surface area (Å²) in [5.41, 5.74) is 1.24. The zero-order valence-electron chi connectivity index (χ0n) is 18.9. The van der Waals surface area contributed by atoms with E-state index in [1.165, 1.54) is 5.57 Å². The zero-order chi connectivity index (χ0) is 22.9. The highest BCUT2D eigenvalue weighted by Crippen LogP contribution is 2.40. The summed E-state index contributed by atoms with van der Waals surface area (Å²) in [6, 6.07) is 13.4. The summed E-state index contributed by atoms with van der Waals surface area (Å²) in [5.74, 6) is 0.546. The second-order valence-electron chi connectivity index (χ2n) is 9.58. The quantitative estimate of drug-likeness (QED) is 0.741. The van der Waals surface area contributed by atoms with Crippen LogP contribution in [0.4, 0.5) is 0 Å². The summed E-state index contributed by atoms with van der Waals surface area (Å²) in [6.07, 6.45) is 10.5. The molecule has 6 nitrogen and oxygen atoms in total. The lowest BCUT2D eigenvalue weighted by Gasteiger charge is -2.40. The topological polar surface area (TPSA) is 71.9 Å². The average molecular weight is 447 g/mol. The number of hydrogen-bond acceptors (Lipinski definition) is 5. The van der Waals surface area contributed by atoms with Crippen molar-refractivity contribution in [1.82, 2.24) is 9.88 Å². The van der Waals surface area contributed by atoms with Crippen LogP contribution in [0, 0.1) is 5.41 Å². The molecule has 1 fully saturated rings. The van der Waals surface area contributed by atoms with Gasteiger partial charge in [0.15, 0.2) is 5.75 Å². The molecular weight excluding hydrogens is 416 g/mol. The number of aliphatic carboxylic acids is 1. The molecule has 1 aromatic carbocycles. The van der Waals surface area contributed by atoms with E-state index in [1.807, 2.05) is 42.5 Å². The summed E-state index contributed by atoms with van der Waals surface area (Å²) >= 11 is 0. The molecule has 0 spiro atoms. The minimum atomic E-state index is -0.782. The minimum absolute atomic E-state index is 0.0917. The van der Waals surface area contributed by atoms with Crippen LogP contribution in [0.15, 0.2) is 72.5 Å². The van der Waals surface area contributed by atoms with Gasteiger partial charge in [0.25, 0.3) is 5.88 Å². The molecule has 5 rings (SSSR count). The fourth-order valence-corrected chi connectivity index (χ4v) is 5.11. The summed E-state index contributed by atoms with van der Waals surface area (Å²) in [7, 11) is 0. The van der Waals surface area contributed by atoms with Gasteiger partial charge < -0.3 is 14.6 Å². The van der Waals surface area contributed by atoms with Crippen LogP contribution in [0.1, 0.15) is 31.7 Å². The van der Waals surface area contributed by atoms with Crippen LogP contribution in [0.25, 0.3) is 0 Å². The highest BCUT2D eigenvalue weighted by atomic mass is 16.6. The fraction of sp³-hybridized carbons (Fsp3) is 0.407. The van der Waals surface area contributed by atoms with Crippen molar-refractivity contribution in [2.75, 3.05) is 26.2 Å². The molecule has 1 unspecified atom stereocenters. The van der Waals surface area contributed by atoms with E-state index >= 15 is 0 Å². The Morgan fingerprint density at radius 3 is 2.67 bits per heavy atom. The molecule has 0 amide bonds. The first-order chi connectivity index (χ1) is 16.0. The van der Waals surface area contributed by atoms with Gasteiger partial charge in [-0.3, -0.25) is 9.69 Å². The predicted octanol–water partition coefficient (Wildman–Crippen LogP) is 4.23. The van der Waals surface area contributed by atoms with Gasteiger partial charge in [0.2, 0.25) is 0 Å². The van der Waals surface area contributed by atoms with Crippen molar-refractivity contribution < 1.29 is 19.4 Å². The lowest BCUT2D eigenvalue weighted by Crippen LogP contribution is -2.47. The van der Waals surface area contributed by atoms with Gasteiger partial charge in [-0.05, 0) is 55.6 Å². The number of carboxylic acids is 1. The Bertz CT molecular complexity index is 1070. The zero-order valence-corrected chi connectivity index (χ0v) is 18.9. The van der Waals surface area contributed by atoms with E-state index in [0.717, 1.165) is 31.6 Å². The molecule has 2 atom stereocenters. The van der Waals surface area contributed by atoms with E-state index in [9.17, 15) is 9.90 Å². The molecule has 0 bridgehead atoms. The maximum Gasteiger partial charge on any atom is 0.314 e. The number of aromatic nitrogens is 1. The summed E-state index contributed by atoms with van der Waals surface area (Å²) < 4.78 is 12.0. The molecule has 3 heterocycles. The Balaban J connectivity index is 1.20. The van der Waals surface area contributed by atoms with Crippen LogP contribution in [0.5, 0.6) is 11.6 Å². The van der Waals surface area contributed by atoms with Crippen molar-refractivity contribution in [3.05, 3.63) is 78.0 Å². The monoisotopic (exact) mass is 446 g/mol. The van der Waals surface area contributed by atoms with E-state index in [2.05, 4.69) is 35.0 Å². The third-order valence-electron chi connectivity index (χ3n) is 7.45. The number of nitrogens with zero attached hydrogens (tertiary/aromatic N) is 2. The van der Waals surface area contributed by atoms with Gasteiger partial charge in [0, 0.05) is 18.2 Å². The Labute approximate surface area is 194 Å². The van der Waals surface area contributed by atoms with Gasteiger partial charge in [-0.25, -0.2) is 4.98 Å². The number of likely N-dealkylation sites (tertiary alicyclic amines) is 1. The normalized spacial score (nSPS) is 26.5. The van der Waals surface area contributed by atoms with Crippen molar-refractivity contribution >= 4 is 5.97 Å². The standard InChI is InChI=1S/C27H30N2O4/c1-26(23-19-32-22-8-5-15-28-24(22)33-23)11-9-20(10-12-26)18-29-16-13-27(14-17-29,25(30)31)21-6-3-2-4-7-21/h2-11,15,23H,12-14,16-19H2,1H3,(H,30,31)/t23-,26?/m1/s1. The van der Waals surface area contributed by atoms with Gasteiger partial charge in [-0.2, -0.15) is 0 Å². The Morgan fingerprint density at radius 2 is 1.97 bits per heavy atom. The largest absolute Gasteiger partial charge is 0.484 e.